The van der Waals surface area contributed by atoms with Crippen LogP contribution in [0.5, 0.6) is 0 Å². The van der Waals surface area contributed by atoms with Crippen molar-refractivity contribution in [2.75, 3.05) is 6.54 Å². The van der Waals surface area contributed by atoms with E-state index in [1.807, 2.05) is 0 Å². The van der Waals surface area contributed by atoms with Gasteiger partial charge in [0.25, 0.3) is 5.91 Å². The first kappa shape index (κ1) is 13.7. The first-order valence-electron chi connectivity index (χ1n) is 7.31. The van der Waals surface area contributed by atoms with Gasteiger partial charge in [-0.3, -0.25) is 9.78 Å². The van der Waals surface area contributed by atoms with Crippen LogP contribution in [-0.4, -0.2) is 17.4 Å². The van der Waals surface area contributed by atoms with Gasteiger partial charge in [0.05, 0.1) is 5.52 Å². The lowest BCUT2D eigenvalue weighted by Gasteiger charge is -2.12. The average molecular weight is 286 g/mol. The summed E-state index contributed by atoms with van der Waals surface area (Å²) in [5.41, 5.74) is 2.95. The lowest BCUT2D eigenvalue weighted by molar-refractivity contribution is 0.0954. The van der Waals surface area contributed by atoms with Gasteiger partial charge in [-0.25, -0.2) is 4.79 Å². The molecule has 1 amide bonds. The van der Waals surface area contributed by atoms with Gasteiger partial charge in [-0.15, -0.1) is 0 Å². The van der Waals surface area contributed by atoms with Gasteiger partial charge in [0.15, 0.2) is 5.58 Å². The highest BCUT2D eigenvalue weighted by Crippen LogP contribution is 2.19. The van der Waals surface area contributed by atoms with Crippen molar-refractivity contribution in [1.29, 1.82) is 0 Å². The summed E-state index contributed by atoms with van der Waals surface area (Å²) in [5.74, 6) is -0.649. The molecular weight excluding hydrogens is 268 g/mol. The number of amides is 1. The molecule has 0 bridgehead atoms. The zero-order valence-corrected chi connectivity index (χ0v) is 11.8. The van der Waals surface area contributed by atoms with Gasteiger partial charge in [-0.2, -0.15) is 0 Å². The predicted molar refractivity (Wildman–Crippen MR) is 80.3 cm³/mol. The number of carbonyl (C=O) groups is 1. The monoisotopic (exact) mass is 286 g/mol. The van der Waals surface area contributed by atoms with Crippen LogP contribution >= 0.6 is 0 Å². The topological polar surface area (TPSA) is 75.1 Å². The van der Waals surface area contributed by atoms with Crippen LogP contribution in [0, 0.1) is 0 Å². The minimum atomic E-state index is -0.508. The Balaban J connectivity index is 1.61. The van der Waals surface area contributed by atoms with Crippen LogP contribution in [0.3, 0.4) is 0 Å². The molecule has 2 aromatic rings. The highest BCUT2D eigenvalue weighted by atomic mass is 16.4. The number of hydrogen-bond acceptors (Lipinski definition) is 3. The van der Waals surface area contributed by atoms with Crippen LogP contribution in [0.25, 0.3) is 11.1 Å². The quantitative estimate of drug-likeness (QED) is 0.849. The van der Waals surface area contributed by atoms with E-state index in [0.29, 0.717) is 23.2 Å². The zero-order chi connectivity index (χ0) is 14.7. The molecule has 0 radical (unpaired) electrons. The lowest BCUT2D eigenvalue weighted by atomic mass is 9.97. The van der Waals surface area contributed by atoms with Crippen molar-refractivity contribution in [3.63, 3.8) is 0 Å². The van der Waals surface area contributed by atoms with Gasteiger partial charge in [0.2, 0.25) is 0 Å². The van der Waals surface area contributed by atoms with E-state index in [1.54, 1.807) is 18.2 Å². The smallest absolute Gasteiger partial charge is 0.408 e. The molecule has 0 atom stereocenters. The maximum Gasteiger partial charge on any atom is 0.417 e. The van der Waals surface area contributed by atoms with Gasteiger partial charge in [-0.1, -0.05) is 11.6 Å². The Bertz CT molecular complexity index is 739. The molecule has 5 heteroatoms. The highest BCUT2D eigenvalue weighted by molar-refractivity contribution is 5.96. The Morgan fingerprint density at radius 3 is 3.05 bits per heavy atom. The van der Waals surface area contributed by atoms with Crippen LogP contribution < -0.4 is 11.1 Å². The number of aromatic amines is 1. The van der Waals surface area contributed by atoms with Crippen molar-refractivity contribution in [1.82, 2.24) is 10.3 Å². The molecular formula is C16H18N2O3. The minimum Gasteiger partial charge on any atom is -0.408 e. The molecule has 3 rings (SSSR count). The maximum atomic E-state index is 12.1. The van der Waals surface area contributed by atoms with Crippen molar-refractivity contribution in [3.8, 4) is 0 Å². The van der Waals surface area contributed by atoms with E-state index >= 15 is 0 Å². The molecule has 21 heavy (non-hydrogen) atoms. The van der Waals surface area contributed by atoms with Gasteiger partial charge >= 0.3 is 5.76 Å². The molecule has 1 heterocycles. The number of rotatable bonds is 4. The fourth-order valence-electron chi connectivity index (χ4n) is 2.66. The summed E-state index contributed by atoms with van der Waals surface area (Å²) in [4.78, 5) is 25.7. The summed E-state index contributed by atoms with van der Waals surface area (Å²) in [6.07, 6.45) is 8.03. The van der Waals surface area contributed by atoms with Gasteiger partial charge in [0, 0.05) is 12.1 Å². The number of H-pyrrole nitrogens is 1. The fraction of sp³-hybridized carbons (Fsp3) is 0.375. The number of oxazole rings is 1. The van der Waals surface area contributed by atoms with Crippen LogP contribution in [0.4, 0.5) is 0 Å². The first-order valence-corrected chi connectivity index (χ1v) is 7.31. The molecule has 0 aliphatic heterocycles. The van der Waals surface area contributed by atoms with Crippen molar-refractivity contribution in [3.05, 3.63) is 46.0 Å². The molecule has 0 saturated carbocycles. The van der Waals surface area contributed by atoms with Crippen LogP contribution in [0.1, 0.15) is 42.5 Å². The summed E-state index contributed by atoms with van der Waals surface area (Å²) in [7, 11) is 0. The Labute approximate surface area is 122 Å². The minimum absolute atomic E-state index is 0.142. The number of benzene rings is 1. The number of aromatic nitrogens is 1. The summed E-state index contributed by atoms with van der Waals surface area (Å²) in [6, 6.07) is 4.95. The molecule has 0 saturated heterocycles. The van der Waals surface area contributed by atoms with Crippen molar-refractivity contribution in [2.24, 2.45) is 0 Å². The van der Waals surface area contributed by atoms with Crippen LogP contribution in [0.15, 0.2) is 39.1 Å². The van der Waals surface area contributed by atoms with Crippen molar-refractivity contribution < 1.29 is 9.21 Å². The van der Waals surface area contributed by atoms with Crippen LogP contribution in [-0.2, 0) is 0 Å². The van der Waals surface area contributed by atoms with Gasteiger partial charge in [0.1, 0.15) is 0 Å². The Kier molecular flexibility index (Phi) is 3.90. The van der Waals surface area contributed by atoms with E-state index in [-0.39, 0.29) is 5.91 Å². The van der Waals surface area contributed by atoms with Gasteiger partial charge < -0.3 is 9.73 Å². The first-order chi connectivity index (χ1) is 10.2. The molecule has 0 fully saturated rings. The number of hydrogen-bond donors (Lipinski definition) is 2. The van der Waals surface area contributed by atoms with E-state index < -0.39 is 5.76 Å². The van der Waals surface area contributed by atoms with E-state index in [4.69, 9.17) is 4.42 Å². The number of fused-ring (bicyclic) bond motifs is 1. The largest absolute Gasteiger partial charge is 0.417 e. The fourth-order valence-corrected chi connectivity index (χ4v) is 2.66. The molecule has 1 aromatic heterocycles. The van der Waals surface area contributed by atoms with E-state index in [0.717, 1.165) is 19.3 Å². The van der Waals surface area contributed by atoms with Crippen molar-refractivity contribution >= 4 is 17.0 Å². The standard InChI is InChI=1S/C16H18N2O3/c19-15(17-9-8-11-4-2-1-3-5-11)12-6-7-13-14(10-12)21-16(20)18-13/h4,6-7,10H,1-3,5,8-9H2,(H,17,19)(H,18,20). The predicted octanol–water partition coefficient (Wildman–Crippen LogP) is 2.74. The Hall–Kier alpha value is -2.30. The molecule has 5 nitrogen and oxygen atoms in total. The second-order valence-corrected chi connectivity index (χ2v) is 5.34. The maximum absolute atomic E-state index is 12.1. The molecule has 1 aliphatic rings. The summed E-state index contributed by atoms with van der Waals surface area (Å²) in [6.45, 7) is 0.639. The van der Waals surface area contributed by atoms with Crippen LogP contribution in [0.2, 0.25) is 0 Å². The Morgan fingerprint density at radius 2 is 2.24 bits per heavy atom. The highest BCUT2D eigenvalue weighted by Gasteiger charge is 2.09. The lowest BCUT2D eigenvalue weighted by Crippen LogP contribution is -2.24. The summed E-state index contributed by atoms with van der Waals surface area (Å²) >= 11 is 0. The molecule has 110 valence electrons. The third-order valence-corrected chi connectivity index (χ3v) is 3.80. The van der Waals surface area contributed by atoms with E-state index in [9.17, 15) is 9.59 Å². The summed E-state index contributed by atoms with van der Waals surface area (Å²) < 4.78 is 4.96. The molecule has 1 aromatic carbocycles. The third kappa shape index (κ3) is 3.24. The zero-order valence-electron chi connectivity index (χ0n) is 11.8. The molecule has 0 spiro atoms. The second kappa shape index (κ2) is 5.99. The van der Waals surface area contributed by atoms with E-state index in [1.165, 1.54) is 18.4 Å². The second-order valence-electron chi connectivity index (χ2n) is 5.34. The normalized spacial score (nSPS) is 15.0. The van der Waals surface area contributed by atoms with Gasteiger partial charge in [-0.05, 0) is 50.3 Å². The third-order valence-electron chi connectivity index (χ3n) is 3.80. The number of carbonyl (C=O) groups excluding carboxylic acids is 1. The SMILES string of the molecule is O=C(NCCC1=CCCCC1)c1ccc2[nH]c(=O)oc2c1. The van der Waals surface area contributed by atoms with E-state index in [2.05, 4.69) is 16.4 Å². The number of allylic oxidation sites excluding steroid dienone is 1. The average Bonchev–Trinajstić information content (AvgIpc) is 2.87. The summed E-state index contributed by atoms with van der Waals surface area (Å²) in [5, 5.41) is 2.91. The number of nitrogens with one attached hydrogen (secondary N) is 2. The Morgan fingerprint density at radius 1 is 1.33 bits per heavy atom. The van der Waals surface area contributed by atoms with Crippen molar-refractivity contribution in [2.45, 2.75) is 32.1 Å². The molecule has 2 N–H and O–H groups in total. The molecule has 0 unspecified atom stereocenters. The molecule has 1 aliphatic carbocycles.